The van der Waals surface area contributed by atoms with Gasteiger partial charge in [0, 0.05) is 12.8 Å². The molecular weight excluding hydrogens is 258 g/mol. The van der Waals surface area contributed by atoms with Crippen LogP contribution in [0.3, 0.4) is 0 Å². The molecule has 0 saturated carbocycles. The Bertz CT molecular complexity index is 394. The van der Waals surface area contributed by atoms with Gasteiger partial charge in [0.2, 0.25) is 5.89 Å². The summed E-state index contributed by atoms with van der Waals surface area (Å²) in [4.78, 5) is 15.5. The molecule has 1 aromatic rings. The summed E-state index contributed by atoms with van der Waals surface area (Å²) in [5.41, 5.74) is 0. The van der Waals surface area contributed by atoms with E-state index in [2.05, 4.69) is 10.1 Å². The van der Waals surface area contributed by atoms with E-state index in [4.69, 9.17) is 9.26 Å². The lowest BCUT2D eigenvalue weighted by Crippen LogP contribution is -2.08. The molecule has 0 aliphatic rings. The van der Waals surface area contributed by atoms with Crippen LogP contribution in [0.2, 0.25) is 0 Å². The van der Waals surface area contributed by atoms with Gasteiger partial charge in [-0.2, -0.15) is 4.98 Å². The summed E-state index contributed by atoms with van der Waals surface area (Å²) in [6.07, 6.45) is -1.61. The van der Waals surface area contributed by atoms with E-state index in [1.165, 1.54) is 0 Å². The maximum absolute atomic E-state index is 11.8. The molecule has 0 N–H and O–H groups in total. The fraction of sp³-hybridized carbons (Fsp3) is 0.750. The molecule has 0 amide bonds. The van der Waals surface area contributed by atoms with Gasteiger partial charge in [-0.1, -0.05) is 19.0 Å². The van der Waals surface area contributed by atoms with Crippen LogP contribution in [0.25, 0.3) is 0 Å². The van der Waals surface area contributed by atoms with E-state index >= 15 is 0 Å². The molecule has 0 atom stereocenters. The number of ketones is 1. The Hall–Kier alpha value is -1.37. The highest BCUT2D eigenvalue weighted by atomic mass is 19.3. The molecule has 1 aromatic heterocycles. The predicted molar refractivity (Wildman–Crippen MR) is 63.0 cm³/mol. The summed E-state index contributed by atoms with van der Waals surface area (Å²) in [5.74, 6) is 0.952. The molecule has 19 heavy (non-hydrogen) atoms. The van der Waals surface area contributed by atoms with Crippen molar-refractivity contribution in [1.29, 1.82) is 0 Å². The Morgan fingerprint density at radius 1 is 1.42 bits per heavy atom. The minimum absolute atomic E-state index is 0.0409. The van der Waals surface area contributed by atoms with Crippen molar-refractivity contribution in [3.63, 3.8) is 0 Å². The molecule has 1 rings (SSSR count). The maximum atomic E-state index is 11.8. The number of alkyl halides is 2. The van der Waals surface area contributed by atoms with Crippen molar-refractivity contribution in [1.82, 2.24) is 10.1 Å². The van der Waals surface area contributed by atoms with Gasteiger partial charge < -0.3 is 9.26 Å². The zero-order chi connectivity index (χ0) is 14.3. The monoisotopic (exact) mass is 276 g/mol. The minimum Gasteiger partial charge on any atom is -0.375 e. The van der Waals surface area contributed by atoms with E-state index in [1.807, 2.05) is 13.8 Å². The highest BCUT2D eigenvalue weighted by molar-refractivity contribution is 5.80. The van der Waals surface area contributed by atoms with Gasteiger partial charge in [0.15, 0.2) is 5.82 Å². The van der Waals surface area contributed by atoms with E-state index in [0.717, 1.165) is 0 Å². The van der Waals surface area contributed by atoms with Crippen LogP contribution < -0.4 is 0 Å². The van der Waals surface area contributed by atoms with Crippen LogP contribution >= 0.6 is 0 Å². The van der Waals surface area contributed by atoms with Gasteiger partial charge in [0.05, 0.1) is 13.0 Å². The zero-order valence-electron chi connectivity index (χ0n) is 11.1. The van der Waals surface area contributed by atoms with Gasteiger partial charge in [-0.05, 0) is 5.92 Å². The lowest BCUT2D eigenvalue weighted by molar-refractivity contribution is -0.119. The first kappa shape index (κ1) is 15.7. The van der Waals surface area contributed by atoms with Gasteiger partial charge in [-0.15, -0.1) is 0 Å². The van der Waals surface area contributed by atoms with Gasteiger partial charge in [-0.3, -0.25) is 4.79 Å². The van der Waals surface area contributed by atoms with E-state index in [0.29, 0.717) is 12.2 Å². The van der Waals surface area contributed by atoms with Crippen molar-refractivity contribution in [2.45, 2.75) is 39.5 Å². The van der Waals surface area contributed by atoms with Crippen LogP contribution in [0.15, 0.2) is 4.52 Å². The highest BCUT2D eigenvalue weighted by Gasteiger charge is 2.12. The van der Waals surface area contributed by atoms with Gasteiger partial charge >= 0.3 is 0 Å². The largest absolute Gasteiger partial charge is 0.375 e. The van der Waals surface area contributed by atoms with E-state index in [9.17, 15) is 13.6 Å². The van der Waals surface area contributed by atoms with Crippen molar-refractivity contribution in [2.24, 2.45) is 5.92 Å². The number of Topliss-reactive ketones (excluding diaryl/α,β-unsaturated/α-hetero) is 1. The number of nitrogens with zero attached hydrogens (tertiary/aromatic N) is 2. The number of rotatable bonds is 9. The van der Waals surface area contributed by atoms with Crippen LogP contribution in [0.1, 0.15) is 32.0 Å². The Balaban J connectivity index is 2.30. The van der Waals surface area contributed by atoms with Crippen LogP contribution in [-0.2, 0) is 22.4 Å². The lowest BCUT2D eigenvalue weighted by Gasteiger charge is -2.00. The molecule has 7 heteroatoms. The molecule has 0 saturated heterocycles. The Kier molecular flexibility index (Phi) is 6.55. The molecule has 0 aliphatic carbocycles. The first-order chi connectivity index (χ1) is 8.97. The molecular formula is C12H18F2N2O3. The predicted octanol–water partition coefficient (Wildman–Crippen LogP) is 2.05. The van der Waals surface area contributed by atoms with Crippen LogP contribution in [0.5, 0.6) is 0 Å². The van der Waals surface area contributed by atoms with Crippen molar-refractivity contribution in [3.8, 4) is 0 Å². The standard InChI is InChI=1S/C12H18F2N2O3/c1-8(2)5-9(17)6-12-15-11(16-19-12)3-4-18-7-10(13)14/h8,10H,3-7H2,1-2H3. The number of aromatic nitrogens is 2. The number of hydrogen-bond acceptors (Lipinski definition) is 5. The van der Waals surface area contributed by atoms with Gasteiger partial charge in [0.1, 0.15) is 12.4 Å². The normalized spacial score (nSPS) is 11.5. The summed E-state index contributed by atoms with van der Waals surface area (Å²) < 4.78 is 33.2. The number of halogens is 2. The molecule has 0 fully saturated rings. The maximum Gasteiger partial charge on any atom is 0.261 e. The zero-order valence-corrected chi connectivity index (χ0v) is 11.1. The third-order valence-electron chi connectivity index (χ3n) is 2.21. The number of carbonyl (C=O) groups excluding carboxylic acids is 1. The van der Waals surface area contributed by atoms with Crippen LogP contribution in [0, 0.1) is 5.92 Å². The summed E-state index contributed by atoms with van der Waals surface area (Å²) in [6, 6.07) is 0. The highest BCUT2D eigenvalue weighted by Crippen LogP contribution is 2.06. The molecule has 1 heterocycles. The first-order valence-corrected chi connectivity index (χ1v) is 6.16. The fourth-order valence-electron chi connectivity index (χ4n) is 1.50. The van der Waals surface area contributed by atoms with Crippen molar-refractivity contribution in [2.75, 3.05) is 13.2 Å². The Morgan fingerprint density at radius 3 is 2.79 bits per heavy atom. The number of carbonyl (C=O) groups is 1. The minimum atomic E-state index is -2.48. The quantitative estimate of drug-likeness (QED) is 0.646. The topological polar surface area (TPSA) is 65.2 Å². The second kappa shape index (κ2) is 7.93. The van der Waals surface area contributed by atoms with Crippen molar-refractivity contribution >= 4 is 5.78 Å². The third-order valence-corrected chi connectivity index (χ3v) is 2.21. The Labute approximate surface area is 110 Å². The molecule has 5 nitrogen and oxygen atoms in total. The van der Waals surface area contributed by atoms with E-state index < -0.39 is 13.0 Å². The van der Waals surface area contributed by atoms with Crippen molar-refractivity contribution < 1.29 is 22.8 Å². The molecule has 0 radical (unpaired) electrons. The van der Waals surface area contributed by atoms with Crippen LogP contribution in [-0.4, -0.2) is 35.6 Å². The summed E-state index contributed by atoms with van der Waals surface area (Å²) in [6.45, 7) is 3.41. The van der Waals surface area contributed by atoms with Crippen molar-refractivity contribution in [3.05, 3.63) is 11.7 Å². The van der Waals surface area contributed by atoms with E-state index in [1.54, 1.807) is 0 Å². The lowest BCUT2D eigenvalue weighted by atomic mass is 10.1. The SMILES string of the molecule is CC(C)CC(=O)Cc1nc(CCOCC(F)F)no1. The smallest absolute Gasteiger partial charge is 0.261 e. The first-order valence-electron chi connectivity index (χ1n) is 6.16. The second-order valence-corrected chi connectivity index (χ2v) is 4.63. The summed E-state index contributed by atoms with van der Waals surface area (Å²) in [5, 5.41) is 3.66. The molecule has 0 spiro atoms. The molecule has 0 aromatic carbocycles. The molecule has 0 aliphatic heterocycles. The summed E-state index contributed by atoms with van der Waals surface area (Å²) >= 11 is 0. The van der Waals surface area contributed by atoms with E-state index in [-0.39, 0.29) is 37.0 Å². The average Bonchev–Trinajstić information content (AvgIpc) is 2.70. The molecule has 108 valence electrons. The molecule has 0 unspecified atom stereocenters. The van der Waals surface area contributed by atoms with Crippen LogP contribution in [0.4, 0.5) is 8.78 Å². The average molecular weight is 276 g/mol. The van der Waals surface area contributed by atoms with Gasteiger partial charge in [-0.25, -0.2) is 8.78 Å². The Morgan fingerprint density at radius 2 is 2.16 bits per heavy atom. The number of hydrogen-bond donors (Lipinski definition) is 0. The summed E-state index contributed by atoms with van der Waals surface area (Å²) in [7, 11) is 0. The fourth-order valence-corrected chi connectivity index (χ4v) is 1.50. The van der Waals surface area contributed by atoms with Gasteiger partial charge in [0.25, 0.3) is 6.43 Å². The number of ether oxygens (including phenoxy) is 1. The second-order valence-electron chi connectivity index (χ2n) is 4.63. The third kappa shape index (κ3) is 6.95. The molecule has 0 bridgehead atoms.